The van der Waals surface area contributed by atoms with Crippen LogP contribution in [0.25, 0.3) is 0 Å². The fourth-order valence-corrected chi connectivity index (χ4v) is 0. The van der Waals surface area contributed by atoms with E-state index in [0.29, 0.717) is 0 Å². The standard InChI is InChI=1S/CClF2.CH3/c2-1(3)4;/h;1H3. The predicted octanol–water partition coefficient (Wildman–Crippen LogP) is 2.06. The Bertz CT molecular complexity index is 12.4. The fraction of sp³-hybridized carbons (Fsp3) is 0. The molecule has 5 heavy (non-hydrogen) atoms. The molecule has 0 aliphatic heterocycles. The lowest BCUT2D eigenvalue weighted by atomic mass is 11.7. The van der Waals surface area contributed by atoms with E-state index in [1.54, 1.807) is 0 Å². The van der Waals surface area contributed by atoms with Gasteiger partial charge in [0.15, 0.2) is 0 Å². The molecule has 0 aromatic rings. The molecule has 0 aromatic carbocycles. The minimum atomic E-state index is -2.11. The summed E-state index contributed by atoms with van der Waals surface area (Å²) in [6, 6.07) is 0. The Morgan fingerprint density at radius 2 is 1.40 bits per heavy atom. The predicted molar refractivity (Wildman–Crippen MR) is 17.7 cm³/mol. The molecule has 0 fully saturated rings. The average molecular weight is 100 g/mol. The zero-order valence-electron chi connectivity index (χ0n) is 2.63. The van der Waals surface area contributed by atoms with Crippen molar-refractivity contribution in [1.29, 1.82) is 0 Å². The van der Waals surface area contributed by atoms with Crippen LogP contribution in [0, 0.1) is 13.3 Å². The summed E-state index contributed by atoms with van der Waals surface area (Å²) in [7, 11) is 0. The van der Waals surface area contributed by atoms with E-state index >= 15 is 0 Å². The van der Waals surface area contributed by atoms with Crippen LogP contribution in [0.2, 0.25) is 0 Å². The first-order chi connectivity index (χ1) is 1.73. The average Bonchev–Trinajstić information content (AvgIpc) is 0.811. The molecule has 0 aromatic heterocycles. The van der Waals surface area contributed by atoms with E-state index in [1.165, 1.54) is 0 Å². The van der Waals surface area contributed by atoms with Crippen molar-refractivity contribution in [2.75, 3.05) is 0 Å². The first kappa shape index (κ1) is 8.94. The van der Waals surface area contributed by atoms with E-state index in [-0.39, 0.29) is 7.43 Å². The smallest absolute Gasteiger partial charge is 0.179 e. The maximum Gasteiger partial charge on any atom is 0.398 e. The third-order valence-corrected chi connectivity index (χ3v) is 0. The molecule has 0 heterocycles. The fourth-order valence-electron chi connectivity index (χ4n) is 0. The molecule has 2 radical (unpaired) electrons. The second-order valence-corrected chi connectivity index (χ2v) is 0.500. The van der Waals surface area contributed by atoms with Crippen LogP contribution in [0.3, 0.4) is 0 Å². The number of halogens is 3. The maximum absolute atomic E-state index is 10.0. The third-order valence-electron chi connectivity index (χ3n) is 0. The Labute approximate surface area is 34.7 Å². The van der Waals surface area contributed by atoms with Crippen molar-refractivity contribution in [3.05, 3.63) is 13.3 Å². The van der Waals surface area contributed by atoms with Gasteiger partial charge in [0.25, 0.3) is 0 Å². The molecular formula is C2H3ClF2. The van der Waals surface area contributed by atoms with E-state index in [2.05, 4.69) is 11.6 Å². The van der Waals surface area contributed by atoms with E-state index < -0.39 is 5.88 Å². The van der Waals surface area contributed by atoms with Gasteiger partial charge in [-0.3, -0.25) is 0 Å². The van der Waals surface area contributed by atoms with Crippen molar-refractivity contribution in [2.24, 2.45) is 0 Å². The Morgan fingerprint density at radius 3 is 1.40 bits per heavy atom. The maximum atomic E-state index is 10.0. The molecule has 0 spiro atoms. The van der Waals surface area contributed by atoms with Gasteiger partial charge in [0.1, 0.15) is 0 Å². The largest absolute Gasteiger partial charge is 0.398 e. The Balaban J connectivity index is 0. The van der Waals surface area contributed by atoms with E-state index in [1.807, 2.05) is 0 Å². The topological polar surface area (TPSA) is 0 Å². The van der Waals surface area contributed by atoms with Crippen LogP contribution in [0.15, 0.2) is 0 Å². The molecule has 0 saturated heterocycles. The molecule has 0 unspecified atom stereocenters. The van der Waals surface area contributed by atoms with Crippen LogP contribution in [-0.4, -0.2) is 0 Å². The summed E-state index contributed by atoms with van der Waals surface area (Å²) in [5, 5.41) is 0. The molecule has 0 amide bonds. The van der Waals surface area contributed by atoms with Crippen LogP contribution in [0.5, 0.6) is 0 Å². The highest BCUT2D eigenvalue weighted by molar-refractivity contribution is 6.24. The van der Waals surface area contributed by atoms with Crippen molar-refractivity contribution >= 4 is 11.6 Å². The first-order valence-corrected chi connectivity index (χ1v) is 0.945. The molecule has 0 N–H and O–H groups in total. The Morgan fingerprint density at radius 1 is 1.40 bits per heavy atom. The van der Waals surface area contributed by atoms with Gasteiger partial charge in [-0.15, -0.1) is 0 Å². The summed E-state index contributed by atoms with van der Waals surface area (Å²) in [4.78, 5) is 0. The van der Waals surface area contributed by atoms with Crippen molar-refractivity contribution in [2.45, 2.75) is 0 Å². The monoisotopic (exact) mass is 100.0 g/mol. The molecule has 0 rings (SSSR count). The first-order valence-electron chi connectivity index (χ1n) is 0.567. The van der Waals surface area contributed by atoms with Gasteiger partial charge in [-0.1, -0.05) is 7.43 Å². The van der Waals surface area contributed by atoms with E-state index in [0.717, 1.165) is 0 Å². The minimum absolute atomic E-state index is 0. The molecule has 0 bridgehead atoms. The lowest BCUT2D eigenvalue weighted by Gasteiger charge is -1.62. The van der Waals surface area contributed by atoms with Gasteiger partial charge in [-0.2, -0.15) is 8.78 Å². The highest BCUT2D eigenvalue weighted by atomic mass is 35.5. The molecule has 0 atom stereocenters. The van der Waals surface area contributed by atoms with E-state index in [4.69, 9.17) is 0 Å². The van der Waals surface area contributed by atoms with Gasteiger partial charge in [0.05, 0.1) is 0 Å². The lowest BCUT2D eigenvalue weighted by molar-refractivity contribution is 0.367. The molecule has 0 aliphatic carbocycles. The summed E-state index contributed by atoms with van der Waals surface area (Å²) in [5.74, 6) is -2.11. The lowest BCUT2D eigenvalue weighted by Crippen LogP contribution is -1.45. The summed E-state index contributed by atoms with van der Waals surface area (Å²) in [6.45, 7) is 0. The molecule has 3 heteroatoms. The summed E-state index contributed by atoms with van der Waals surface area (Å²) < 4.78 is 20.0. The second kappa shape index (κ2) is 4.15. The Kier molecular flexibility index (Phi) is 7.42. The second-order valence-electron chi connectivity index (χ2n) is 0.214. The van der Waals surface area contributed by atoms with Gasteiger partial charge >= 0.3 is 5.88 Å². The zero-order chi connectivity index (χ0) is 3.58. The number of hydrogen-bond acceptors (Lipinski definition) is 0. The minimum Gasteiger partial charge on any atom is -0.179 e. The van der Waals surface area contributed by atoms with Crippen molar-refractivity contribution in [3.63, 3.8) is 0 Å². The summed E-state index contributed by atoms with van der Waals surface area (Å²) >= 11 is 3.86. The molecule has 0 nitrogen and oxygen atoms in total. The molecular weight excluding hydrogens is 97.5 g/mol. The number of rotatable bonds is 0. The van der Waals surface area contributed by atoms with Crippen LogP contribution >= 0.6 is 11.6 Å². The molecule has 32 valence electrons. The van der Waals surface area contributed by atoms with Crippen LogP contribution in [0.1, 0.15) is 0 Å². The summed E-state index contributed by atoms with van der Waals surface area (Å²) in [5.41, 5.74) is 0. The van der Waals surface area contributed by atoms with Gasteiger partial charge in [0.2, 0.25) is 0 Å². The Hall–Kier alpha value is 0.150. The normalized spacial score (nSPS) is 7.20. The highest BCUT2D eigenvalue weighted by Crippen LogP contribution is 2.05. The SMILES string of the molecule is F[C](F)Cl.[CH3]. The van der Waals surface area contributed by atoms with Gasteiger partial charge < -0.3 is 0 Å². The van der Waals surface area contributed by atoms with Crippen LogP contribution < -0.4 is 0 Å². The van der Waals surface area contributed by atoms with Crippen molar-refractivity contribution < 1.29 is 8.78 Å². The van der Waals surface area contributed by atoms with Crippen LogP contribution in [0.4, 0.5) is 8.78 Å². The van der Waals surface area contributed by atoms with E-state index in [9.17, 15) is 8.78 Å². The molecule has 0 aliphatic rings. The number of hydrogen-bond donors (Lipinski definition) is 0. The van der Waals surface area contributed by atoms with Gasteiger partial charge in [0, 0.05) is 0 Å². The highest BCUT2D eigenvalue weighted by Gasteiger charge is 1.89. The molecule has 0 saturated carbocycles. The zero-order valence-corrected chi connectivity index (χ0v) is 3.39. The van der Waals surface area contributed by atoms with Crippen molar-refractivity contribution in [3.8, 4) is 0 Å². The van der Waals surface area contributed by atoms with Gasteiger partial charge in [-0.25, -0.2) is 0 Å². The van der Waals surface area contributed by atoms with Gasteiger partial charge in [-0.05, 0) is 11.6 Å². The van der Waals surface area contributed by atoms with Crippen LogP contribution in [-0.2, 0) is 0 Å². The third kappa shape index (κ3) is 853. The quantitative estimate of drug-likeness (QED) is 0.437. The van der Waals surface area contributed by atoms with Crippen molar-refractivity contribution in [1.82, 2.24) is 0 Å². The summed E-state index contributed by atoms with van der Waals surface area (Å²) in [6.07, 6.45) is 0.